The van der Waals surface area contributed by atoms with Crippen molar-refractivity contribution in [2.45, 2.75) is 49.4 Å². The maximum Gasteiger partial charge on any atom is 0.223 e. The molecule has 1 heterocycles. The van der Waals surface area contributed by atoms with Gasteiger partial charge in [-0.25, -0.2) is 0 Å². The zero-order valence-corrected chi connectivity index (χ0v) is 11.2. The van der Waals surface area contributed by atoms with Gasteiger partial charge >= 0.3 is 0 Å². The van der Waals surface area contributed by atoms with E-state index in [4.69, 9.17) is 4.74 Å². The molecule has 1 N–H and O–H groups in total. The molecule has 1 saturated heterocycles. The highest BCUT2D eigenvalue weighted by Gasteiger charge is 2.25. The average molecular weight is 290 g/mol. The first-order chi connectivity index (χ1) is 7.75. The van der Waals surface area contributed by atoms with E-state index in [1.54, 1.807) is 0 Å². The zero-order chi connectivity index (χ0) is 11.4. The van der Waals surface area contributed by atoms with Crippen LogP contribution in [0.3, 0.4) is 0 Å². The van der Waals surface area contributed by atoms with Gasteiger partial charge in [0, 0.05) is 30.0 Å². The van der Waals surface area contributed by atoms with Crippen LogP contribution in [-0.2, 0) is 9.53 Å². The molecule has 0 unspecified atom stereocenters. The molecule has 4 heteroatoms. The Morgan fingerprint density at radius 2 is 1.69 bits per heavy atom. The molecule has 1 amide bonds. The molecule has 0 aromatic carbocycles. The Morgan fingerprint density at radius 3 is 2.31 bits per heavy atom. The Kier molecular flexibility index (Phi) is 4.65. The number of nitrogens with one attached hydrogen (secondary N) is 1. The fraction of sp³-hybridized carbons (Fsp3) is 0.917. The monoisotopic (exact) mass is 289 g/mol. The van der Waals surface area contributed by atoms with Crippen molar-refractivity contribution in [3.05, 3.63) is 0 Å². The van der Waals surface area contributed by atoms with Crippen molar-refractivity contribution in [3.8, 4) is 0 Å². The third kappa shape index (κ3) is 3.45. The fourth-order valence-corrected chi connectivity index (χ4v) is 3.00. The molecule has 0 bridgehead atoms. The number of hydrogen-bond acceptors (Lipinski definition) is 2. The summed E-state index contributed by atoms with van der Waals surface area (Å²) >= 11 is 3.63. The largest absolute Gasteiger partial charge is 0.381 e. The lowest BCUT2D eigenvalue weighted by Crippen LogP contribution is -2.42. The van der Waals surface area contributed by atoms with Gasteiger partial charge in [0.25, 0.3) is 0 Å². The van der Waals surface area contributed by atoms with Crippen molar-refractivity contribution in [1.29, 1.82) is 0 Å². The lowest BCUT2D eigenvalue weighted by Gasteiger charge is -2.29. The minimum Gasteiger partial charge on any atom is -0.381 e. The molecule has 0 atom stereocenters. The summed E-state index contributed by atoms with van der Waals surface area (Å²) in [5, 5.41) is 3.19. The molecule has 3 nitrogen and oxygen atoms in total. The number of carbonyl (C=O) groups is 1. The van der Waals surface area contributed by atoms with Crippen LogP contribution in [0.2, 0.25) is 0 Å². The van der Waals surface area contributed by atoms with Gasteiger partial charge in [-0.2, -0.15) is 0 Å². The summed E-state index contributed by atoms with van der Waals surface area (Å²) in [4.78, 5) is 12.6. The van der Waals surface area contributed by atoms with E-state index in [0.29, 0.717) is 10.9 Å². The normalized spacial score (nSPS) is 32.3. The first-order valence-electron chi connectivity index (χ1n) is 6.28. The Balaban J connectivity index is 1.73. The molecule has 2 aliphatic rings. The molecule has 16 heavy (non-hydrogen) atoms. The summed E-state index contributed by atoms with van der Waals surface area (Å²) < 4.78 is 5.27. The highest BCUT2D eigenvalue weighted by atomic mass is 79.9. The number of ether oxygens (including phenoxy) is 1. The van der Waals surface area contributed by atoms with Crippen LogP contribution < -0.4 is 5.32 Å². The van der Waals surface area contributed by atoms with E-state index in [1.807, 2.05) is 0 Å². The number of halogens is 1. The highest BCUT2D eigenvalue weighted by molar-refractivity contribution is 9.09. The van der Waals surface area contributed by atoms with Crippen molar-refractivity contribution >= 4 is 21.8 Å². The van der Waals surface area contributed by atoms with Crippen LogP contribution in [0.1, 0.15) is 38.5 Å². The molecule has 0 radical (unpaired) electrons. The number of amides is 1. The van der Waals surface area contributed by atoms with Gasteiger partial charge in [-0.3, -0.25) is 4.79 Å². The van der Waals surface area contributed by atoms with Crippen LogP contribution in [0.4, 0.5) is 0 Å². The van der Waals surface area contributed by atoms with Gasteiger partial charge in [-0.15, -0.1) is 0 Å². The highest BCUT2D eigenvalue weighted by Crippen LogP contribution is 2.25. The maximum atomic E-state index is 12.0. The van der Waals surface area contributed by atoms with Crippen LogP contribution in [-0.4, -0.2) is 30.0 Å². The number of hydrogen-bond donors (Lipinski definition) is 1. The molecule has 0 aromatic heterocycles. The second kappa shape index (κ2) is 6.01. The van der Waals surface area contributed by atoms with Crippen LogP contribution in [0.15, 0.2) is 0 Å². The standard InChI is InChI=1S/C12H20BrNO2/c13-10-1-3-11(4-2-10)14-12(15)9-5-7-16-8-6-9/h9-11H,1-8H2,(H,14,15). The third-order valence-corrected chi connectivity index (χ3v) is 4.51. The van der Waals surface area contributed by atoms with E-state index >= 15 is 0 Å². The van der Waals surface area contributed by atoms with Crippen molar-refractivity contribution in [2.75, 3.05) is 13.2 Å². The molecule has 1 aliphatic carbocycles. The lowest BCUT2D eigenvalue weighted by atomic mass is 9.93. The maximum absolute atomic E-state index is 12.0. The number of alkyl halides is 1. The van der Waals surface area contributed by atoms with Crippen LogP contribution in [0.25, 0.3) is 0 Å². The van der Waals surface area contributed by atoms with Gasteiger partial charge in [0.2, 0.25) is 5.91 Å². The quantitative estimate of drug-likeness (QED) is 0.792. The summed E-state index contributed by atoms with van der Waals surface area (Å²) in [5.74, 6) is 0.441. The van der Waals surface area contributed by atoms with Gasteiger partial charge in [0.1, 0.15) is 0 Å². The van der Waals surface area contributed by atoms with Crippen molar-refractivity contribution in [3.63, 3.8) is 0 Å². The SMILES string of the molecule is O=C(NC1CCC(Br)CC1)C1CCOCC1. The van der Waals surface area contributed by atoms with E-state index in [-0.39, 0.29) is 11.8 Å². The predicted octanol–water partition coefficient (Wildman–Crippen LogP) is 2.24. The lowest BCUT2D eigenvalue weighted by molar-refractivity contribution is -0.128. The van der Waals surface area contributed by atoms with Crippen molar-refractivity contribution in [1.82, 2.24) is 5.32 Å². The second-order valence-corrected chi connectivity index (χ2v) is 6.14. The van der Waals surface area contributed by atoms with E-state index in [2.05, 4.69) is 21.2 Å². The van der Waals surface area contributed by atoms with E-state index in [0.717, 1.165) is 38.9 Å². The van der Waals surface area contributed by atoms with E-state index in [1.165, 1.54) is 12.8 Å². The Labute approximate surface area is 105 Å². The van der Waals surface area contributed by atoms with Gasteiger partial charge in [-0.1, -0.05) is 15.9 Å². The third-order valence-electron chi connectivity index (χ3n) is 3.60. The number of rotatable bonds is 2. The summed E-state index contributed by atoms with van der Waals surface area (Å²) in [6.45, 7) is 1.48. The molecule has 0 spiro atoms. The van der Waals surface area contributed by atoms with E-state index in [9.17, 15) is 4.79 Å². The van der Waals surface area contributed by atoms with E-state index < -0.39 is 0 Å². The van der Waals surface area contributed by atoms with Gasteiger partial charge in [0.05, 0.1) is 0 Å². The molecule has 92 valence electrons. The Hall–Kier alpha value is -0.0900. The van der Waals surface area contributed by atoms with Crippen LogP contribution in [0.5, 0.6) is 0 Å². The smallest absolute Gasteiger partial charge is 0.223 e. The molecule has 2 fully saturated rings. The Bertz CT molecular complexity index is 233. The summed E-state index contributed by atoms with van der Waals surface area (Å²) in [6, 6.07) is 0.407. The molecular weight excluding hydrogens is 270 g/mol. The zero-order valence-electron chi connectivity index (χ0n) is 9.58. The summed E-state index contributed by atoms with van der Waals surface area (Å²) in [6.07, 6.45) is 6.37. The van der Waals surface area contributed by atoms with Gasteiger partial charge < -0.3 is 10.1 Å². The number of carbonyl (C=O) groups excluding carboxylic acids is 1. The van der Waals surface area contributed by atoms with Crippen molar-refractivity contribution < 1.29 is 9.53 Å². The molecule has 1 aliphatic heterocycles. The molecular formula is C12H20BrNO2. The second-order valence-electron chi connectivity index (χ2n) is 4.84. The van der Waals surface area contributed by atoms with Gasteiger partial charge in [0.15, 0.2) is 0 Å². The van der Waals surface area contributed by atoms with Crippen LogP contribution >= 0.6 is 15.9 Å². The first kappa shape index (κ1) is 12.4. The predicted molar refractivity (Wildman–Crippen MR) is 66.7 cm³/mol. The molecule has 0 aromatic rings. The molecule has 1 saturated carbocycles. The fourth-order valence-electron chi connectivity index (χ4n) is 2.48. The molecule has 2 rings (SSSR count). The first-order valence-corrected chi connectivity index (χ1v) is 7.19. The average Bonchev–Trinajstić information content (AvgIpc) is 2.33. The summed E-state index contributed by atoms with van der Waals surface area (Å²) in [5.41, 5.74) is 0. The minimum atomic E-state index is 0.190. The minimum absolute atomic E-state index is 0.190. The van der Waals surface area contributed by atoms with Crippen molar-refractivity contribution in [2.24, 2.45) is 5.92 Å². The summed E-state index contributed by atoms with van der Waals surface area (Å²) in [7, 11) is 0. The van der Waals surface area contributed by atoms with Gasteiger partial charge in [-0.05, 0) is 38.5 Å². The van der Waals surface area contributed by atoms with Crippen LogP contribution in [0, 0.1) is 5.92 Å². The topological polar surface area (TPSA) is 38.3 Å². The Morgan fingerprint density at radius 1 is 1.06 bits per heavy atom.